The Morgan fingerprint density at radius 2 is 1.92 bits per heavy atom. The molecule has 36 heavy (non-hydrogen) atoms. The van der Waals surface area contributed by atoms with Crippen molar-refractivity contribution in [1.29, 1.82) is 0 Å². The van der Waals surface area contributed by atoms with Crippen molar-refractivity contribution in [3.8, 4) is 11.5 Å². The quantitative estimate of drug-likeness (QED) is 0.299. The van der Waals surface area contributed by atoms with Crippen LogP contribution in [0, 0.1) is 6.92 Å². The van der Waals surface area contributed by atoms with Crippen LogP contribution in [-0.4, -0.2) is 44.8 Å². The molecule has 0 saturated heterocycles. The molecule has 10 nitrogen and oxygen atoms in total. The van der Waals surface area contributed by atoms with Crippen LogP contribution in [0.15, 0.2) is 59.1 Å². The summed E-state index contributed by atoms with van der Waals surface area (Å²) in [7, 11) is 1.56. The van der Waals surface area contributed by atoms with Crippen LogP contribution in [0.25, 0.3) is 11.5 Å². The van der Waals surface area contributed by atoms with Gasteiger partial charge in [-0.2, -0.15) is 13.8 Å². The van der Waals surface area contributed by atoms with Gasteiger partial charge in [0.2, 0.25) is 5.95 Å². The molecule has 0 unspecified atom stereocenters. The van der Waals surface area contributed by atoms with E-state index in [1.165, 1.54) is 11.8 Å². The number of alkyl halides is 2. The molecule has 188 valence electrons. The first-order valence-electron chi connectivity index (χ1n) is 10.8. The van der Waals surface area contributed by atoms with E-state index in [2.05, 4.69) is 30.8 Å². The molecule has 2 aromatic heterocycles. The van der Waals surface area contributed by atoms with Crippen LogP contribution in [0.4, 0.5) is 26.2 Å². The number of aliphatic hydroxyl groups excluding tert-OH is 1. The van der Waals surface area contributed by atoms with Crippen LogP contribution in [-0.2, 0) is 6.42 Å². The van der Waals surface area contributed by atoms with E-state index in [1.54, 1.807) is 32.2 Å². The molecule has 0 aliphatic heterocycles. The first-order chi connectivity index (χ1) is 17.3. The lowest BCUT2D eigenvalue weighted by Crippen LogP contribution is -2.18. The fourth-order valence-corrected chi connectivity index (χ4v) is 3.09. The van der Waals surface area contributed by atoms with E-state index in [9.17, 15) is 13.6 Å². The van der Waals surface area contributed by atoms with Gasteiger partial charge in [-0.05, 0) is 42.7 Å². The molecule has 0 saturated carbocycles. The summed E-state index contributed by atoms with van der Waals surface area (Å²) in [5, 5.41) is 20.8. The minimum atomic E-state index is -2.88. The molecule has 0 spiro atoms. The molecule has 0 atom stereocenters. The Balaban J connectivity index is 0.000000338. The first-order valence-corrected chi connectivity index (χ1v) is 10.8. The fourth-order valence-electron chi connectivity index (χ4n) is 3.09. The number of rotatable bonds is 7. The second kappa shape index (κ2) is 12.3. The Hall–Kier alpha value is -4.45. The number of nitrogen functional groups attached to an aromatic ring is 1. The van der Waals surface area contributed by atoms with E-state index < -0.39 is 12.3 Å². The second-order valence-corrected chi connectivity index (χ2v) is 7.43. The Labute approximate surface area is 205 Å². The Morgan fingerprint density at radius 3 is 2.50 bits per heavy atom. The van der Waals surface area contributed by atoms with Gasteiger partial charge in [0.1, 0.15) is 5.82 Å². The highest BCUT2D eigenvalue weighted by atomic mass is 19.3. The molecule has 2 aromatic carbocycles. The minimum absolute atomic E-state index is 0.0179. The zero-order chi connectivity index (χ0) is 26.1. The molecule has 12 heteroatoms. The van der Waals surface area contributed by atoms with Crippen LogP contribution in [0.5, 0.6) is 0 Å². The molecule has 0 aliphatic carbocycles. The normalized spacial score (nSPS) is 10.5. The summed E-state index contributed by atoms with van der Waals surface area (Å²) in [4.78, 5) is 19.9. The predicted molar refractivity (Wildman–Crippen MR) is 130 cm³/mol. The van der Waals surface area contributed by atoms with Crippen molar-refractivity contribution in [2.45, 2.75) is 19.8 Å². The molecular weight excluding hydrogens is 472 g/mol. The van der Waals surface area contributed by atoms with E-state index in [1.807, 2.05) is 30.3 Å². The van der Waals surface area contributed by atoms with Crippen LogP contribution in [0.1, 0.15) is 33.8 Å². The fraction of sp³-hybridized carbons (Fsp3) is 0.208. The van der Waals surface area contributed by atoms with Gasteiger partial charge in [0.15, 0.2) is 0 Å². The van der Waals surface area contributed by atoms with Gasteiger partial charge in [-0.3, -0.25) is 4.79 Å². The molecule has 2 heterocycles. The van der Waals surface area contributed by atoms with Crippen LogP contribution in [0.2, 0.25) is 0 Å². The monoisotopic (exact) mass is 497 g/mol. The van der Waals surface area contributed by atoms with Crippen molar-refractivity contribution >= 4 is 23.4 Å². The maximum atomic E-state index is 12.5. The van der Waals surface area contributed by atoms with Crippen molar-refractivity contribution < 1.29 is 23.1 Å². The third-order valence-corrected chi connectivity index (χ3v) is 4.87. The maximum absolute atomic E-state index is 12.5. The zero-order valence-electron chi connectivity index (χ0n) is 19.6. The lowest BCUT2D eigenvalue weighted by Gasteiger charge is -2.10. The topological polar surface area (TPSA) is 152 Å². The molecular formula is C24H25F2N7O3. The number of halogens is 2. The summed E-state index contributed by atoms with van der Waals surface area (Å²) in [6.45, 7) is 2.04. The summed E-state index contributed by atoms with van der Waals surface area (Å²) >= 11 is 0. The lowest BCUT2D eigenvalue weighted by atomic mass is 10.1. The van der Waals surface area contributed by atoms with Crippen LogP contribution < -0.4 is 16.4 Å². The van der Waals surface area contributed by atoms with Gasteiger partial charge in [0.05, 0.1) is 5.56 Å². The number of nitrogens with one attached hydrogen (secondary N) is 2. The third-order valence-electron chi connectivity index (χ3n) is 4.87. The van der Waals surface area contributed by atoms with Gasteiger partial charge in [0, 0.05) is 31.1 Å². The van der Waals surface area contributed by atoms with Crippen molar-refractivity contribution in [2.24, 2.45) is 0 Å². The second-order valence-electron chi connectivity index (χ2n) is 7.43. The SMILES string of the molecule is CNC(=O)c1ccc(Nc2ncc(-c3nnc(C(F)F)o3)c(N)n2)cc1C.OCCc1ccccc1. The van der Waals surface area contributed by atoms with Gasteiger partial charge in [0.25, 0.3) is 17.7 Å². The number of carbonyl (C=O) groups excluding carboxylic acids is 1. The number of aliphatic hydroxyl groups is 1. The maximum Gasteiger partial charge on any atom is 0.314 e. The van der Waals surface area contributed by atoms with Crippen molar-refractivity contribution in [3.63, 3.8) is 0 Å². The molecule has 0 fully saturated rings. The molecule has 5 N–H and O–H groups in total. The lowest BCUT2D eigenvalue weighted by molar-refractivity contribution is 0.0962. The molecule has 4 aromatic rings. The van der Waals surface area contributed by atoms with E-state index in [4.69, 9.17) is 15.3 Å². The standard InChI is InChI=1S/C16H15F2N7O2.C8H10O/c1-7-5-8(3-4-9(7)13(26)20-2)22-16-21-6-10(12(19)23-16)14-24-25-15(27-14)11(17)18;9-7-6-8-4-2-1-3-5-8/h3-6,11H,1-2H3,(H,20,26)(H3,19,21,22,23);1-5,9H,6-7H2. The minimum Gasteiger partial charge on any atom is -0.415 e. The Bertz CT molecular complexity index is 1300. The average molecular weight is 498 g/mol. The smallest absolute Gasteiger partial charge is 0.314 e. The summed E-state index contributed by atoms with van der Waals surface area (Å²) in [6, 6.07) is 15.1. The summed E-state index contributed by atoms with van der Waals surface area (Å²) < 4.78 is 29.9. The highest BCUT2D eigenvalue weighted by Gasteiger charge is 2.19. The highest BCUT2D eigenvalue weighted by Crippen LogP contribution is 2.27. The Kier molecular flexibility index (Phi) is 8.95. The van der Waals surface area contributed by atoms with Crippen molar-refractivity contribution in [1.82, 2.24) is 25.5 Å². The number of benzene rings is 2. The zero-order valence-corrected chi connectivity index (χ0v) is 19.6. The molecule has 1 amide bonds. The number of nitrogens with two attached hydrogens (primary N) is 1. The van der Waals surface area contributed by atoms with Gasteiger partial charge in [-0.25, -0.2) is 4.98 Å². The largest absolute Gasteiger partial charge is 0.415 e. The number of nitrogens with zero attached hydrogens (tertiary/aromatic N) is 4. The number of aryl methyl sites for hydroxylation is 1. The van der Waals surface area contributed by atoms with Crippen LogP contribution >= 0.6 is 0 Å². The number of hydrogen-bond donors (Lipinski definition) is 4. The van der Waals surface area contributed by atoms with Gasteiger partial charge in [-0.15, -0.1) is 10.2 Å². The molecule has 4 rings (SSSR count). The summed E-state index contributed by atoms with van der Waals surface area (Å²) in [5.41, 5.74) is 9.13. The Morgan fingerprint density at radius 1 is 1.17 bits per heavy atom. The third kappa shape index (κ3) is 6.79. The predicted octanol–water partition coefficient (Wildman–Crippen LogP) is 3.68. The van der Waals surface area contributed by atoms with Crippen LogP contribution in [0.3, 0.4) is 0 Å². The number of carbonyl (C=O) groups is 1. The first kappa shape index (κ1) is 26.2. The van der Waals surface area contributed by atoms with Crippen molar-refractivity contribution in [2.75, 3.05) is 24.7 Å². The number of hydrogen-bond acceptors (Lipinski definition) is 9. The van der Waals surface area contributed by atoms with Gasteiger partial charge < -0.3 is 25.9 Å². The number of aromatic nitrogens is 4. The highest BCUT2D eigenvalue weighted by molar-refractivity contribution is 5.95. The van der Waals surface area contributed by atoms with Gasteiger partial charge >= 0.3 is 6.43 Å². The molecule has 0 aliphatic rings. The van der Waals surface area contributed by atoms with E-state index in [0.29, 0.717) is 11.3 Å². The molecule has 0 bridgehead atoms. The van der Waals surface area contributed by atoms with E-state index in [0.717, 1.165) is 12.0 Å². The summed E-state index contributed by atoms with van der Waals surface area (Å²) in [6.07, 6.45) is -0.824. The number of anilines is 3. The van der Waals surface area contributed by atoms with Crippen molar-refractivity contribution in [3.05, 3.63) is 77.3 Å². The van der Waals surface area contributed by atoms with E-state index in [-0.39, 0.29) is 35.7 Å². The number of amides is 1. The average Bonchev–Trinajstić information content (AvgIpc) is 3.36. The van der Waals surface area contributed by atoms with E-state index >= 15 is 0 Å². The molecule has 0 radical (unpaired) electrons. The summed E-state index contributed by atoms with van der Waals surface area (Å²) in [5.74, 6) is -1.03. The van der Waals surface area contributed by atoms with Gasteiger partial charge in [-0.1, -0.05) is 30.3 Å².